The molecule has 1 aromatic heterocycles. The molecule has 1 fully saturated rings. The lowest BCUT2D eigenvalue weighted by atomic mass is 9.77. The Labute approximate surface area is 201 Å². The van der Waals surface area contributed by atoms with E-state index in [0.29, 0.717) is 51.2 Å². The highest BCUT2D eigenvalue weighted by Crippen LogP contribution is 2.38. The SMILES string of the molecule is CN(CC1(CC=O)CCOCC1)NC(=O)/C=C\n1cnc(-c2cc(C(F)(F)F)cc(C(F)(F)F)c2)n1. The molecule has 0 atom stereocenters. The minimum absolute atomic E-state index is 0.0147. The summed E-state index contributed by atoms with van der Waals surface area (Å²) in [5, 5.41) is 5.38. The molecule has 0 saturated carbocycles. The first-order chi connectivity index (χ1) is 16.8. The maximum Gasteiger partial charge on any atom is 0.416 e. The van der Waals surface area contributed by atoms with Crippen molar-refractivity contribution in [1.82, 2.24) is 25.2 Å². The van der Waals surface area contributed by atoms with Gasteiger partial charge in [-0.1, -0.05) is 0 Å². The highest BCUT2D eigenvalue weighted by Gasteiger charge is 2.37. The molecular weight excluding hydrogens is 496 g/mol. The minimum atomic E-state index is -5.00. The molecule has 1 N–H and O–H groups in total. The number of hydrogen-bond acceptors (Lipinski definition) is 6. The van der Waals surface area contributed by atoms with Crippen LogP contribution < -0.4 is 5.43 Å². The van der Waals surface area contributed by atoms with Crippen LogP contribution in [0, 0.1) is 5.41 Å². The van der Waals surface area contributed by atoms with Crippen LogP contribution >= 0.6 is 0 Å². The maximum atomic E-state index is 13.1. The molecule has 0 spiro atoms. The van der Waals surface area contributed by atoms with E-state index in [1.54, 1.807) is 7.05 Å². The predicted molar refractivity (Wildman–Crippen MR) is 115 cm³/mol. The fourth-order valence-electron chi connectivity index (χ4n) is 3.88. The normalized spacial score (nSPS) is 16.4. The Morgan fingerprint density at radius 1 is 1.14 bits per heavy atom. The summed E-state index contributed by atoms with van der Waals surface area (Å²) in [5.74, 6) is -0.953. The van der Waals surface area contributed by atoms with E-state index in [0.717, 1.165) is 29.6 Å². The molecule has 1 saturated heterocycles. The van der Waals surface area contributed by atoms with E-state index < -0.39 is 35.0 Å². The average molecular weight is 519 g/mol. The molecule has 1 aliphatic heterocycles. The molecule has 0 unspecified atom stereocenters. The topological polar surface area (TPSA) is 89.4 Å². The second-order valence-corrected chi connectivity index (χ2v) is 8.47. The van der Waals surface area contributed by atoms with Gasteiger partial charge in [0.05, 0.1) is 11.1 Å². The van der Waals surface area contributed by atoms with Gasteiger partial charge in [0.15, 0.2) is 5.82 Å². The van der Waals surface area contributed by atoms with Gasteiger partial charge in [0, 0.05) is 51.1 Å². The van der Waals surface area contributed by atoms with E-state index in [2.05, 4.69) is 15.5 Å². The number of aldehydes is 1. The van der Waals surface area contributed by atoms with Crippen molar-refractivity contribution in [3.05, 3.63) is 41.7 Å². The van der Waals surface area contributed by atoms with Gasteiger partial charge in [0.1, 0.15) is 12.6 Å². The number of nitrogens with zero attached hydrogens (tertiary/aromatic N) is 4. The number of benzene rings is 1. The van der Waals surface area contributed by atoms with Gasteiger partial charge in [0.2, 0.25) is 0 Å². The van der Waals surface area contributed by atoms with Gasteiger partial charge in [-0.2, -0.15) is 26.3 Å². The number of carbonyl (C=O) groups excluding carboxylic acids is 2. The molecule has 2 aromatic rings. The number of aromatic nitrogens is 3. The summed E-state index contributed by atoms with van der Waals surface area (Å²) in [6.07, 6.45) is -4.27. The number of hydrogen-bond donors (Lipinski definition) is 1. The molecule has 14 heteroatoms. The summed E-state index contributed by atoms with van der Waals surface area (Å²) in [5.41, 5.74) is -1.18. The summed E-state index contributed by atoms with van der Waals surface area (Å²) < 4.78 is 84.9. The number of nitrogens with one attached hydrogen (secondary N) is 1. The first-order valence-corrected chi connectivity index (χ1v) is 10.7. The molecule has 0 radical (unpaired) electrons. The van der Waals surface area contributed by atoms with E-state index in [1.165, 1.54) is 5.01 Å². The number of carbonyl (C=O) groups is 2. The van der Waals surface area contributed by atoms with Crippen molar-refractivity contribution in [2.24, 2.45) is 5.41 Å². The van der Waals surface area contributed by atoms with E-state index >= 15 is 0 Å². The number of rotatable bonds is 8. The van der Waals surface area contributed by atoms with E-state index in [4.69, 9.17) is 4.74 Å². The second kappa shape index (κ2) is 10.8. The summed E-state index contributed by atoms with van der Waals surface area (Å²) in [7, 11) is 1.63. The number of amides is 1. The van der Waals surface area contributed by atoms with Crippen molar-refractivity contribution in [1.29, 1.82) is 0 Å². The minimum Gasteiger partial charge on any atom is -0.381 e. The Morgan fingerprint density at radius 3 is 2.31 bits per heavy atom. The fraction of sp³-hybridized carbons (Fsp3) is 0.455. The van der Waals surface area contributed by atoms with Crippen LogP contribution in [0.3, 0.4) is 0 Å². The van der Waals surface area contributed by atoms with Crippen molar-refractivity contribution in [2.75, 3.05) is 26.8 Å². The smallest absolute Gasteiger partial charge is 0.381 e. The fourth-order valence-corrected chi connectivity index (χ4v) is 3.88. The van der Waals surface area contributed by atoms with Gasteiger partial charge in [-0.3, -0.25) is 10.2 Å². The third-order valence-corrected chi connectivity index (χ3v) is 5.68. The monoisotopic (exact) mass is 519 g/mol. The Bertz CT molecular complexity index is 1070. The van der Waals surface area contributed by atoms with Crippen LogP contribution in [0.15, 0.2) is 30.6 Å². The first kappa shape index (κ1) is 27.3. The maximum absolute atomic E-state index is 13.1. The van der Waals surface area contributed by atoms with Gasteiger partial charge in [0.25, 0.3) is 5.91 Å². The summed E-state index contributed by atoms with van der Waals surface area (Å²) in [6.45, 7) is 1.43. The number of hydrazine groups is 1. The largest absolute Gasteiger partial charge is 0.416 e. The van der Waals surface area contributed by atoms with Crippen molar-refractivity contribution in [2.45, 2.75) is 31.6 Å². The lowest BCUT2D eigenvalue weighted by Crippen LogP contribution is -2.47. The molecule has 3 rings (SSSR count). The van der Waals surface area contributed by atoms with Crippen molar-refractivity contribution in [3.8, 4) is 11.4 Å². The van der Waals surface area contributed by atoms with Gasteiger partial charge >= 0.3 is 12.4 Å². The number of halogens is 6. The van der Waals surface area contributed by atoms with Crippen LogP contribution in [0.1, 0.15) is 30.4 Å². The molecule has 36 heavy (non-hydrogen) atoms. The lowest BCUT2D eigenvalue weighted by Gasteiger charge is -2.38. The van der Waals surface area contributed by atoms with E-state index in [9.17, 15) is 35.9 Å². The average Bonchev–Trinajstić information content (AvgIpc) is 3.26. The zero-order valence-electron chi connectivity index (χ0n) is 19.1. The van der Waals surface area contributed by atoms with E-state index in [1.807, 2.05) is 0 Å². The quantitative estimate of drug-likeness (QED) is 0.247. The van der Waals surface area contributed by atoms with Crippen LogP contribution in [0.4, 0.5) is 26.3 Å². The first-order valence-electron chi connectivity index (χ1n) is 10.7. The molecular formula is C22H23F6N5O3. The van der Waals surface area contributed by atoms with Gasteiger partial charge in [-0.25, -0.2) is 14.7 Å². The third kappa shape index (κ3) is 7.13. The molecule has 1 aromatic carbocycles. The summed E-state index contributed by atoms with van der Waals surface area (Å²) in [6, 6.07) is 1.05. The van der Waals surface area contributed by atoms with Gasteiger partial charge < -0.3 is 9.53 Å². The van der Waals surface area contributed by atoms with Crippen molar-refractivity contribution >= 4 is 18.4 Å². The third-order valence-electron chi connectivity index (χ3n) is 5.68. The Morgan fingerprint density at radius 2 is 1.75 bits per heavy atom. The Hall–Kier alpha value is -3.26. The van der Waals surface area contributed by atoms with E-state index in [-0.39, 0.29) is 17.3 Å². The molecule has 0 aliphatic carbocycles. The highest BCUT2D eigenvalue weighted by molar-refractivity contribution is 5.89. The molecule has 0 bridgehead atoms. The molecule has 1 aliphatic rings. The zero-order chi connectivity index (χ0) is 26.6. The van der Waals surface area contributed by atoms with Crippen molar-refractivity contribution < 1.29 is 40.7 Å². The summed E-state index contributed by atoms with van der Waals surface area (Å²) in [4.78, 5) is 27.1. The molecule has 8 nitrogen and oxygen atoms in total. The number of alkyl halides is 6. The highest BCUT2D eigenvalue weighted by atomic mass is 19.4. The Kier molecular flexibility index (Phi) is 8.19. The second-order valence-electron chi connectivity index (χ2n) is 8.47. The summed E-state index contributed by atoms with van der Waals surface area (Å²) >= 11 is 0. The molecule has 2 heterocycles. The zero-order valence-corrected chi connectivity index (χ0v) is 19.1. The molecule has 196 valence electrons. The van der Waals surface area contributed by atoms with Crippen LogP contribution in [0.2, 0.25) is 0 Å². The lowest BCUT2D eigenvalue weighted by molar-refractivity contribution is -0.143. The van der Waals surface area contributed by atoms with Crippen LogP contribution in [0.25, 0.3) is 17.6 Å². The van der Waals surface area contributed by atoms with Crippen LogP contribution in [0.5, 0.6) is 0 Å². The molecule has 1 amide bonds. The van der Waals surface area contributed by atoms with Gasteiger partial charge in [-0.05, 0) is 36.5 Å². The van der Waals surface area contributed by atoms with Gasteiger partial charge in [-0.15, -0.1) is 5.10 Å². The standard InChI is InChI=1S/C22H23F6N5O3/c1-32(13-20(3-7-34)4-8-36-9-5-20)30-18(35)2-6-33-14-29-19(31-33)15-10-16(21(23,24)25)12-17(11-15)22(26,27)28/h2,6-7,10-12,14H,3-5,8-9,13H2,1H3,(H,30,35)/b6-2-. The van der Waals surface area contributed by atoms with Crippen molar-refractivity contribution in [3.63, 3.8) is 0 Å². The number of ether oxygens (including phenoxy) is 1. The Balaban J connectivity index is 1.70. The van der Waals surface area contributed by atoms with Crippen LogP contribution in [-0.4, -0.2) is 58.8 Å². The predicted octanol–water partition coefficient (Wildman–Crippen LogP) is 3.80. The van der Waals surface area contributed by atoms with Crippen LogP contribution in [-0.2, 0) is 26.7 Å².